The van der Waals surface area contributed by atoms with Crippen LogP contribution >= 0.6 is 11.6 Å². The molecule has 4 nitrogen and oxygen atoms in total. The van der Waals surface area contributed by atoms with E-state index in [0.717, 1.165) is 5.56 Å². The minimum Gasteiger partial charge on any atom is -0.482 e. The number of carbonyl (C=O) groups excluding carboxylic acids is 1. The summed E-state index contributed by atoms with van der Waals surface area (Å²) in [5, 5.41) is 13.8. The summed E-state index contributed by atoms with van der Waals surface area (Å²) in [4.78, 5) is 11.3. The normalized spacial score (nSPS) is 14.9. The van der Waals surface area contributed by atoms with Gasteiger partial charge in [-0.05, 0) is 41.8 Å². The predicted octanol–water partition coefficient (Wildman–Crippen LogP) is 3.06. The molecule has 1 amide bonds. The van der Waals surface area contributed by atoms with E-state index < -0.39 is 6.10 Å². The maximum Gasteiger partial charge on any atom is 0.262 e. The Labute approximate surface area is 127 Å². The molecule has 3 rings (SSSR count). The van der Waals surface area contributed by atoms with Crippen LogP contribution in [0.1, 0.15) is 22.8 Å². The molecule has 0 saturated carbocycles. The molecule has 0 aromatic heterocycles. The van der Waals surface area contributed by atoms with Crippen LogP contribution in [0.4, 0.5) is 5.69 Å². The van der Waals surface area contributed by atoms with Gasteiger partial charge >= 0.3 is 0 Å². The number of carbonyl (C=O) groups is 1. The molecule has 1 heterocycles. The second-order valence-corrected chi connectivity index (χ2v) is 5.41. The summed E-state index contributed by atoms with van der Waals surface area (Å²) in [5.74, 6) is 0.403. The van der Waals surface area contributed by atoms with Gasteiger partial charge in [0.25, 0.3) is 5.91 Å². The lowest BCUT2D eigenvalue weighted by Crippen LogP contribution is -2.25. The van der Waals surface area contributed by atoms with Crippen LogP contribution in [0.25, 0.3) is 0 Å². The van der Waals surface area contributed by atoms with E-state index >= 15 is 0 Å². The van der Waals surface area contributed by atoms with Crippen LogP contribution in [-0.2, 0) is 4.79 Å². The van der Waals surface area contributed by atoms with E-state index in [-0.39, 0.29) is 12.5 Å². The molecule has 2 N–H and O–H groups in total. The predicted molar refractivity (Wildman–Crippen MR) is 80.8 cm³/mol. The molecule has 0 fully saturated rings. The number of amides is 1. The molecular weight excluding hydrogens is 290 g/mol. The van der Waals surface area contributed by atoms with Gasteiger partial charge < -0.3 is 15.2 Å². The molecule has 2 aromatic carbocycles. The van der Waals surface area contributed by atoms with Crippen molar-refractivity contribution < 1.29 is 14.6 Å². The molecule has 108 valence electrons. The van der Waals surface area contributed by atoms with Crippen LogP contribution < -0.4 is 10.1 Å². The van der Waals surface area contributed by atoms with Crippen LogP contribution in [0.5, 0.6) is 5.75 Å². The van der Waals surface area contributed by atoms with Crippen molar-refractivity contribution >= 4 is 23.2 Å². The van der Waals surface area contributed by atoms with Gasteiger partial charge in [-0.1, -0.05) is 29.8 Å². The Morgan fingerprint density at radius 2 is 1.95 bits per heavy atom. The molecule has 1 unspecified atom stereocenters. The Balaban J connectivity index is 1.94. The standard InChI is InChI=1S/C16H14ClNO3/c1-9-2-3-10(6-12(9)17)16(20)11-4-5-14-13(7-11)18-15(19)8-21-14/h2-7,16,20H,8H2,1H3,(H,18,19). The molecule has 2 aromatic rings. The number of aliphatic hydroxyl groups is 1. The van der Waals surface area contributed by atoms with Gasteiger partial charge in [-0.2, -0.15) is 0 Å². The Morgan fingerprint density at radius 3 is 2.71 bits per heavy atom. The number of halogens is 1. The highest BCUT2D eigenvalue weighted by atomic mass is 35.5. The minimum absolute atomic E-state index is 0.0163. The van der Waals surface area contributed by atoms with Crippen molar-refractivity contribution in [3.63, 3.8) is 0 Å². The third kappa shape index (κ3) is 2.73. The van der Waals surface area contributed by atoms with Crippen LogP contribution in [0.3, 0.4) is 0 Å². The fourth-order valence-electron chi connectivity index (χ4n) is 2.24. The summed E-state index contributed by atoms with van der Waals surface area (Å²) in [5.41, 5.74) is 2.90. The van der Waals surface area contributed by atoms with Crippen LogP contribution in [-0.4, -0.2) is 17.6 Å². The highest BCUT2D eigenvalue weighted by Gasteiger charge is 2.19. The fourth-order valence-corrected chi connectivity index (χ4v) is 2.43. The molecule has 1 aliphatic heterocycles. The summed E-state index contributed by atoms with van der Waals surface area (Å²) < 4.78 is 5.30. The first kappa shape index (κ1) is 13.9. The molecule has 0 aliphatic carbocycles. The van der Waals surface area contributed by atoms with Gasteiger partial charge in [-0.25, -0.2) is 0 Å². The molecule has 0 bridgehead atoms. The van der Waals surface area contributed by atoms with Gasteiger partial charge in [0.1, 0.15) is 11.9 Å². The average Bonchev–Trinajstić information content (AvgIpc) is 2.48. The Morgan fingerprint density at radius 1 is 1.24 bits per heavy atom. The van der Waals surface area contributed by atoms with Crippen LogP contribution in [0.15, 0.2) is 36.4 Å². The van der Waals surface area contributed by atoms with E-state index in [1.807, 2.05) is 19.1 Å². The van der Waals surface area contributed by atoms with E-state index in [1.165, 1.54) is 0 Å². The minimum atomic E-state index is -0.813. The number of nitrogens with one attached hydrogen (secondary N) is 1. The smallest absolute Gasteiger partial charge is 0.262 e. The van der Waals surface area contributed by atoms with Gasteiger partial charge in [0.2, 0.25) is 0 Å². The van der Waals surface area contributed by atoms with Gasteiger partial charge in [-0.3, -0.25) is 4.79 Å². The average molecular weight is 304 g/mol. The Hall–Kier alpha value is -2.04. The number of ether oxygens (including phenoxy) is 1. The largest absolute Gasteiger partial charge is 0.482 e. The second-order valence-electron chi connectivity index (χ2n) is 5.00. The molecule has 0 saturated heterocycles. The number of aryl methyl sites for hydroxylation is 1. The molecule has 1 aliphatic rings. The molecule has 5 heteroatoms. The first-order valence-electron chi connectivity index (χ1n) is 6.55. The number of hydrogen-bond acceptors (Lipinski definition) is 3. The number of anilines is 1. The maximum atomic E-state index is 11.3. The first-order chi connectivity index (χ1) is 10.0. The zero-order chi connectivity index (χ0) is 15.0. The monoisotopic (exact) mass is 303 g/mol. The van der Waals surface area contributed by atoms with Gasteiger partial charge in [0.15, 0.2) is 6.61 Å². The van der Waals surface area contributed by atoms with E-state index in [2.05, 4.69) is 5.32 Å². The van der Waals surface area contributed by atoms with Gasteiger partial charge in [0.05, 0.1) is 5.69 Å². The number of fused-ring (bicyclic) bond motifs is 1. The van der Waals surface area contributed by atoms with E-state index in [4.69, 9.17) is 16.3 Å². The van der Waals surface area contributed by atoms with Crippen molar-refractivity contribution in [1.29, 1.82) is 0 Å². The SMILES string of the molecule is Cc1ccc(C(O)c2ccc3c(c2)NC(=O)CO3)cc1Cl. The number of rotatable bonds is 2. The summed E-state index contributed by atoms with van der Waals surface area (Å²) in [6.07, 6.45) is -0.813. The highest BCUT2D eigenvalue weighted by molar-refractivity contribution is 6.31. The summed E-state index contributed by atoms with van der Waals surface area (Å²) in [7, 11) is 0. The lowest BCUT2D eigenvalue weighted by atomic mass is 9.99. The van der Waals surface area contributed by atoms with Crippen molar-refractivity contribution in [2.45, 2.75) is 13.0 Å². The topological polar surface area (TPSA) is 58.6 Å². The summed E-state index contributed by atoms with van der Waals surface area (Å²) in [6, 6.07) is 10.7. The number of hydrogen-bond donors (Lipinski definition) is 2. The van der Waals surface area contributed by atoms with Crippen LogP contribution in [0, 0.1) is 6.92 Å². The summed E-state index contributed by atoms with van der Waals surface area (Å²) in [6.45, 7) is 1.92. The summed E-state index contributed by atoms with van der Waals surface area (Å²) >= 11 is 6.09. The highest BCUT2D eigenvalue weighted by Crippen LogP contribution is 2.33. The first-order valence-corrected chi connectivity index (χ1v) is 6.93. The number of aliphatic hydroxyl groups excluding tert-OH is 1. The van der Waals surface area contributed by atoms with E-state index in [0.29, 0.717) is 27.6 Å². The Kier molecular flexibility index (Phi) is 3.57. The van der Waals surface area contributed by atoms with E-state index in [9.17, 15) is 9.90 Å². The van der Waals surface area contributed by atoms with Crippen molar-refractivity contribution in [1.82, 2.24) is 0 Å². The van der Waals surface area contributed by atoms with Gasteiger partial charge in [-0.15, -0.1) is 0 Å². The lowest BCUT2D eigenvalue weighted by molar-refractivity contribution is -0.118. The van der Waals surface area contributed by atoms with E-state index in [1.54, 1.807) is 24.3 Å². The molecule has 21 heavy (non-hydrogen) atoms. The fraction of sp³-hybridized carbons (Fsp3) is 0.188. The zero-order valence-electron chi connectivity index (χ0n) is 11.4. The maximum absolute atomic E-state index is 11.3. The van der Waals surface area contributed by atoms with Gasteiger partial charge in [0, 0.05) is 5.02 Å². The third-order valence-corrected chi connectivity index (χ3v) is 3.87. The molecule has 0 spiro atoms. The molecular formula is C16H14ClNO3. The third-order valence-electron chi connectivity index (χ3n) is 3.46. The van der Waals surface area contributed by atoms with Crippen molar-refractivity contribution in [3.8, 4) is 5.75 Å². The second kappa shape index (κ2) is 5.39. The Bertz CT molecular complexity index is 715. The quantitative estimate of drug-likeness (QED) is 0.896. The number of benzene rings is 2. The lowest BCUT2D eigenvalue weighted by Gasteiger charge is -2.20. The van der Waals surface area contributed by atoms with Crippen molar-refractivity contribution in [2.24, 2.45) is 0 Å². The van der Waals surface area contributed by atoms with Crippen LogP contribution in [0.2, 0.25) is 5.02 Å². The zero-order valence-corrected chi connectivity index (χ0v) is 12.1. The molecule has 1 atom stereocenters. The van der Waals surface area contributed by atoms with Crippen molar-refractivity contribution in [3.05, 3.63) is 58.1 Å². The molecule has 0 radical (unpaired) electrons. The van der Waals surface area contributed by atoms with Crippen molar-refractivity contribution in [2.75, 3.05) is 11.9 Å².